The van der Waals surface area contributed by atoms with E-state index in [1.54, 1.807) is 23.3 Å². The number of thiazole rings is 1. The van der Waals surface area contributed by atoms with E-state index in [0.29, 0.717) is 6.54 Å². The molecule has 0 N–H and O–H groups in total. The lowest BCUT2D eigenvalue weighted by molar-refractivity contribution is -0.130. The highest BCUT2D eigenvalue weighted by Crippen LogP contribution is 2.18. The molecule has 1 amide bonds. The minimum absolute atomic E-state index is 0.0257. The second-order valence-electron chi connectivity index (χ2n) is 4.94. The van der Waals surface area contributed by atoms with Crippen LogP contribution < -0.4 is 0 Å². The molecular formula is C15H18N2O2S2. The number of thiophene rings is 1. The van der Waals surface area contributed by atoms with Gasteiger partial charge in [0.2, 0.25) is 5.91 Å². The summed E-state index contributed by atoms with van der Waals surface area (Å²) in [4.78, 5) is 31.8. The number of nitrogens with zero attached hydrogens (tertiary/aromatic N) is 2. The maximum Gasteiger partial charge on any atom is 0.223 e. The smallest absolute Gasteiger partial charge is 0.223 e. The first-order valence-electron chi connectivity index (χ1n) is 6.70. The first-order chi connectivity index (χ1) is 9.95. The Balaban J connectivity index is 1.82. The lowest BCUT2D eigenvalue weighted by Crippen LogP contribution is -2.26. The van der Waals surface area contributed by atoms with Crippen molar-refractivity contribution in [1.82, 2.24) is 9.88 Å². The van der Waals surface area contributed by atoms with E-state index in [-0.39, 0.29) is 24.5 Å². The zero-order valence-corrected chi connectivity index (χ0v) is 14.0. The molecule has 0 spiro atoms. The third kappa shape index (κ3) is 4.47. The zero-order valence-electron chi connectivity index (χ0n) is 12.4. The molecule has 21 heavy (non-hydrogen) atoms. The second kappa shape index (κ2) is 6.95. The van der Waals surface area contributed by atoms with E-state index >= 15 is 0 Å². The van der Waals surface area contributed by atoms with Crippen molar-refractivity contribution in [3.63, 3.8) is 0 Å². The van der Waals surface area contributed by atoms with Crippen LogP contribution in [0.1, 0.15) is 38.1 Å². The Labute approximate surface area is 132 Å². The molecule has 2 aromatic heterocycles. The Hall–Kier alpha value is -1.53. The molecule has 2 heterocycles. The molecule has 0 fully saturated rings. The van der Waals surface area contributed by atoms with Crippen LogP contribution in [0.15, 0.2) is 17.5 Å². The number of Topliss-reactive ketones (excluding diaryl/α,β-unsaturated/α-hetero) is 1. The largest absolute Gasteiger partial charge is 0.340 e. The molecule has 112 valence electrons. The molecule has 4 nitrogen and oxygen atoms in total. The van der Waals surface area contributed by atoms with Crippen LogP contribution in [-0.2, 0) is 11.3 Å². The van der Waals surface area contributed by atoms with Crippen molar-refractivity contribution in [1.29, 1.82) is 0 Å². The second-order valence-corrected chi connectivity index (χ2v) is 7.29. The van der Waals surface area contributed by atoms with E-state index in [4.69, 9.17) is 0 Å². The Morgan fingerprint density at radius 1 is 1.24 bits per heavy atom. The van der Waals surface area contributed by atoms with E-state index < -0.39 is 0 Å². The van der Waals surface area contributed by atoms with Gasteiger partial charge in [0.15, 0.2) is 5.78 Å². The molecular weight excluding hydrogens is 304 g/mol. The standard InChI is InChI=1S/C15H18N2O2S2/c1-10-4-6-14(21-10)13(18)5-7-15(19)17(3)8-12-9-20-11(2)16-12/h4,6,9H,5,7-8H2,1-3H3. The van der Waals surface area contributed by atoms with Crippen LogP contribution in [0.2, 0.25) is 0 Å². The van der Waals surface area contributed by atoms with Gasteiger partial charge < -0.3 is 4.90 Å². The van der Waals surface area contributed by atoms with E-state index in [1.807, 2.05) is 31.4 Å². The van der Waals surface area contributed by atoms with Crippen molar-refractivity contribution in [3.05, 3.63) is 38.0 Å². The highest BCUT2D eigenvalue weighted by molar-refractivity contribution is 7.14. The number of carbonyl (C=O) groups is 2. The fourth-order valence-electron chi connectivity index (χ4n) is 1.93. The zero-order chi connectivity index (χ0) is 15.4. The van der Waals surface area contributed by atoms with Gasteiger partial charge in [-0.05, 0) is 26.0 Å². The molecule has 0 unspecified atom stereocenters. The van der Waals surface area contributed by atoms with Crippen LogP contribution in [0.3, 0.4) is 0 Å². The molecule has 0 aliphatic carbocycles. The van der Waals surface area contributed by atoms with Gasteiger partial charge in [0.25, 0.3) is 0 Å². The molecule has 6 heteroatoms. The highest BCUT2D eigenvalue weighted by atomic mass is 32.1. The average Bonchev–Trinajstić information content (AvgIpc) is 3.04. The van der Waals surface area contributed by atoms with E-state index in [9.17, 15) is 9.59 Å². The van der Waals surface area contributed by atoms with E-state index in [1.165, 1.54) is 11.3 Å². The fraction of sp³-hybridized carbons (Fsp3) is 0.400. The molecule has 0 aromatic carbocycles. The van der Waals surface area contributed by atoms with Crippen molar-refractivity contribution in [2.45, 2.75) is 33.2 Å². The molecule has 0 aliphatic heterocycles. The van der Waals surface area contributed by atoms with Gasteiger partial charge in [0, 0.05) is 30.1 Å². The summed E-state index contributed by atoms with van der Waals surface area (Å²) in [5.74, 6) is 0.0154. The molecule has 2 rings (SSSR count). The molecule has 0 atom stereocenters. The van der Waals surface area contributed by atoms with Crippen molar-refractivity contribution >= 4 is 34.4 Å². The number of amides is 1. The monoisotopic (exact) mass is 322 g/mol. The molecule has 0 aliphatic rings. The normalized spacial score (nSPS) is 10.6. The van der Waals surface area contributed by atoms with Gasteiger partial charge >= 0.3 is 0 Å². The van der Waals surface area contributed by atoms with Crippen molar-refractivity contribution < 1.29 is 9.59 Å². The van der Waals surface area contributed by atoms with Crippen LogP contribution in [0.25, 0.3) is 0 Å². The summed E-state index contributed by atoms with van der Waals surface area (Å²) in [6.07, 6.45) is 0.509. The summed E-state index contributed by atoms with van der Waals surface area (Å²) < 4.78 is 0. The third-order valence-electron chi connectivity index (χ3n) is 3.07. The summed E-state index contributed by atoms with van der Waals surface area (Å²) in [7, 11) is 1.75. The summed E-state index contributed by atoms with van der Waals surface area (Å²) in [6.45, 7) is 4.41. The Kier molecular flexibility index (Phi) is 5.25. The number of hydrogen-bond acceptors (Lipinski definition) is 5. The molecule has 0 saturated carbocycles. The Morgan fingerprint density at radius 3 is 2.57 bits per heavy atom. The minimum atomic E-state index is -0.0257. The lowest BCUT2D eigenvalue weighted by atomic mass is 10.2. The first kappa shape index (κ1) is 15.9. The number of hydrogen-bond donors (Lipinski definition) is 0. The van der Waals surface area contributed by atoms with Crippen LogP contribution >= 0.6 is 22.7 Å². The summed E-state index contributed by atoms with van der Waals surface area (Å²) in [6, 6.07) is 3.75. The molecule has 0 radical (unpaired) electrons. The summed E-state index contributed by atoms with van der Waals surface area (Å²) in [5, 5.41) is 2.95. The number of rotatable bonds is 6. The fourth-order valence-corrected chi connectivity index (χ4v) is 3.37. The Morgan fingerprint density at radius 2 is 2.00 bits per heavy atom. The maximum atomic E-state index is 12.0. The van der Waals surface area contributed by atoms with Crippen LogP contribution in [0.5, 0.6) is 0 Å². The van der Waals surface area contributed by atoms with Crippen LogP contribution in [0, 0.1) is 13.8 Å². The predicted octanol–water partition coefficient (Wildman–Crippen LogP) is 3.44. The summed E-state index contributed by atoms with van der Waals surface area (Å²) in [5.41, 5.74) is 0.897. The quantitative estimate of drug-likeness (QED) is 0.766. The lowest BCUT2D eigenvalue weighted by Gasteiger charge is -2.15. The number of ketones is 1. The topological polar surface area (TPSA) is 50.3 Å². The van der Waals surface area contributed by atoms with Gasteiger partial charge in [0.1, 0.15) is 0 Å². The minimum Gasteiger partial charge on any atom is -0.340 e. The SMILES string of the molecule is Cc1ccc(C(=O)CCC(=O)N(C)Cc2csc(C)n2)s1. The van der Waals surface area contributed by atoms with Crippen LogP contribution in [-0.4, -0.2) is 28.6 Å². The van der Waals surface area contributed by atoms with Gasteiger partial charge in [-0.15, -0.1) is 22.7 Å². The number of aromatic nitrogens is 1. The summed E-state index contributed by atoms with van der Waals surface area (Å²) >= 11 is 3.05. The number of carbonyl (C=O) groups excluding carboxylic acids is 2. The van der Waals surface area contributed by atoms with Crippen molar-refractivity contribution in [2.24, 2.45) is 0 Å². The van der Waals surface area contributed by atoms with Gasteiger partial charge in [-0.3, -0.25) is 9.59 Å². The highest BCUT2D eigenvalue weighted by Gasteiger charge is 2.14. The molecule has 0 bridgehead atoms. The maximum absolute atomic E-state index is 12.0. The van der Waals surface area contributed by atoms with Crippen molar-refractivity contribution in [2.75, 3.05) is 7.05 Å². The van der Waals surface area contributed by atoms with Crippen LogP contribution in [0.4, 0.5) is 0 Å². The average molecular weight is 322 g/mol. The van der Waals surface area contributed by atoms with Gasteiger partial charge in [-0.25, -0.2) is 4.98 Å². The van der Waals surface area contributed by atoms with Gasteiger partial charge in [-0.1, -0.05) is 0 Å². The molecule has 0 saturated heterocycles. The Bertz CT molecular complexity index is 646. The molecule has 2 aromatic rings. The van der Waals surface area contributed by atoms with Gasteiger partial charge in [0.05, 0.1) is 22.1 Å². The first-order valence-corrected chi connectivity index (χ1v) is 8.40. The number of aryl methyl sites for hydroxylation is 2. The van der Waals surface area contributed by atoms with Gasteiger partial charge in [-0.2, -0.15) is 0 Å². The third-order valence-corrected chi connectivity index (χ3v) is 4.94. The van der Waals surface area contributed by atoms with E-state index in [2.05, 4.69) is 4.98 Å². The van der Waals surface area contributed by atoms with E-state index in [0.717, 1.165) is 20.5 Å². The predicted molar refractivity (Wildman–Crippen MR) is 85.9 cm³/mol. The van der Waals surface area contributed by atoms with Crippen molar-refractivity contribution in [3.8, 4) is 0 Å².